The normalized spacial score (nSPS) is 19.8. The highest BCUT2D eigenvalue weighted by Crippen LogP contribution is 2.28. The van der Waals surface area contributed by atoms with Crippen LogP contribution in [0, 0.1) is 0 Å². The molecule has 37 heavy (non-hydrogen) atoms. The number of nitrogens with zero attached hydrogens (tertiary/aromatic N) is 1. The Kier molecular flexibility index (Phi) is 7.36. The third-order valence-corrected chi connectivity index (χ3v) is 6.79. The fraction of sp³-hybridized carbons (Fsp3) is 0.407. The van der Waals surface area contributed by atoms with E-state index >= 15 is 0 Å². The lowest BCUT2D eigenvalue weighted by Gasteiger charge is -2.29. The maximum absolute atomic E-state index is 12.9. The molecule has 10 nitrogen and oxygen atoms in total. The molecule has 0 radical (unpaired) electrons. The van der Waals surface area contributed by atoms with Crippen molar-refractivity contribution < 1.29 is 33.4 Å². The number of nitrogens with one attached hydrogen (secondary N) is 2. The first-order valence-corrected chi connectivity index (χ1v) is 12.5. The summed E-state index contributed by atoms with van der Waals surface area (Å²) in [4.78, 5) is 50.3. The molecule has 3 aliphatic heterocycles. The highest BCUT2D eigenvalue weighted by molar-refractivity contribution is 6.05. The third-order valence-electron chi connectivity index (χ3n) is 6.79. The molecule has 2 aromatic carbocycles. The van der Waals surface area contributed by atoms with Gasteiger partial charge in [-0.2, -0.15) is 0 Å². The van der Waals surface area contributed by atoms with E-state index in [4.69, 9.17) is 14.2 Å². The van der Waals surface area contributed by atoms with Gasteiger partial charge in [-0.1, -0.05) is 24.3 Å². The second kappa shape index (κ2) is 11.0. The molecule has 3 aliphatic rings. The highest BCUT2D eigenvalue weighted by atomic mass is 16.5. The smallest absolute Gasteiger partial charge is 0.407 e. The molecule has 0 saturated carbocycles. The molecule has 194 valence electrons. The summed E-state index contributed by atoms with van der Waals surface area (Å²) in [6, 6.07) is 12.2. The molecule has 0 bridgehead atoms. The number of ether oxygens (including phenoxy) is 3. The van der Waals surface area contributed by atoms with E-state index in [-0.39, 0.29) is 37.5 Å². The minimum absolute atomic E-state index is 0.118. The van der Waals surface area contributed by atoms with Gasteiger partial charge in [0.15, 0.2) is 0 Å². The number of piperidine rings is 1. The van der Waals surface area contributed by atoms with E-state index in [0.717, 1.165) is 35.3 Å². The number of alkyl carbamates (subject to hydrolysis) is 1. The standard InChI is InChI=1S/C27H29N3O7/c31-24-8-7-23(25(32)29-24)30-15-19-4-1-18(13-22(19)26(30)33)14-28-27(34)36-16-17-2-5-20(6-3-17)37-21-9-11-35-12-10-21/h1-6,13,21,23H,7-12,14-16H2,(H,28,34)(H,29,31,32). The molecular weight excluding hydrogens is 478 g/mol. The summed E-state index contributed by atoms with van der Waals surface area (Å²) >= 11 is 0. The van der Waals surface area contributed by atoms with Crippen molar-refractivity contribution in [1.82, 2.24) is 15.5 Å². The number of amides is 4. The first-order valence-electron chi connectivity index (χ1n) is 12.5. The van der Waals surface area contributed by atoms with Gasteiger partial charge in [-0.05, 0) is 41.3 Å². The van der Waals surface area contributed by atoms with Crippen LogP contribution in [0.3, 0.4) is 0 Å². The van der Waals surface area contributed by atoms with Gasteiger partial charge in [-0.25, -0.2) is 4.79 Å². The van der Waals surface area contributed by atoms with Crippen LogP contribution < -0.4 is 15.4 Å². The summed E-state index contributed by atoms with van der Waals surface area (Å²) < 4.78 is 16.6. The largest absolute Gasteiger partial charge is 0.490 e. The van der Waals surface area contributed by atoms with E-state index < -0.39 is 18.0 Å². The van der Waals surface area contributed by atoms with Crippen molar-refractivity contribution in [3.63, 3.8) is 0 Å². The van der Waals surface area contributed by atoms with Crippen molar-refractivity contribution in [2.75, 3.05) is 13.2 Å². The number of carbonyl (C=O) groups excluding carboxylic acids is 4. The maximum Gasteiger partial charge on any atom is 0.407 e. The summed E-state index contributed by atoms with van der Waals surface area (Å²) in [6.45, 7) is 2.06. The predicted molar refractivity (Wildman–Crippen MR) is 130 cm³/mol. The lowest BCUT2D eigenvalue weighted by atomic mass is 10.0. The number of hydrogen-bond donors (Lipinski definition) is 2. The van der Waals surface area contributed by atoms with Crippen molar-refractivity contribution in [1.29, 1.82) is 0 Å². The molecule has 1 atom stereocenters. The molecule has 0 aromatic heterocycles. The van der Waals surface area contributed by atoms with E-state index in [2.05, 4.69) is 10.6 Å². The molecule has 2 fully saturated rings. The second-order valence-corrected chi connectivity index (χ2v) is 9.39. The minimum atomic E-state index is -0.656. The number of fused-ring (bicyclic) bond motifs is 1. The van der Waals surface area contributed by atoms with Crippen LogP contribution in [-0.2, 0) is 38.8 Å². The fourth-order valence-electron chi connectivity index (χ4n) is 4.74. The first kappa shape index (κ1) is 24.8. The first-order chi connectivity index (χ1) is 18.0. The van der Waals surface area contributed by atoms with Crippen LogP contribution in [0.25, 0.3) is 0 Å². The van der Waals surface area contributed by atoms with Crippen LogP contribution in [0.4, 0.5) is 4.79 Å². The van der Waals surface area contributed by atoms with Crippen molar-refractivity contribution in [2.24, 2.45) is 0 Å². The van der Waals surface area contributed by atoms with Crippen LogP contribution in [0.1, 0.15) is 52.7 Å². The highest BCUT2D eigenvalue weighted by Gasteiger charge is 2.39. The monoisotopic (exact) mass is 507 g/mol. The summed E-state index contributed by atoms with van der Waals surface area (Å²) in [6.07, 6.45) is 1.87. The average Bonchev–Trinajstić information content (AvgIpc) is 3.23. The van der Waals surface area contributed by atoms with Gasteiger partial charge in [0, 0.05) is 37.9 Å². The molecule has 2 aromatic rings. The van der Waals surface area contributed by atoms with Crippen molar-refractivity contribution in [3.8, 4) is 5.75 Å². The van der Waals surface area contributed by atoms with Gasteiger partial charge in [0.05, 0.1) is 13.2 Å². The van der Waals surface area contributed by atoms with Gasteiger partial charge in [0.1, 0.15) is 24.5 Å². The van der Waals surface area contributed by atoms with Crippen LogP contribution in [0.2, 0.25) is 0 Å². The van der Waals surface area contributed by atoms with E-state index in [1.54, 1.807) is 6.07 Å². The topological polar surface area (TPSA) is 123 Å². The Morgan fingerprint density at radius 3 is 2.54 bits per heavy atom. The average molecular weight is 508 g/mol. The molecule has 2 N–H and O–H groups in total. The Bertz CT molecular complexity index is 1190. The summed E-state index contributed by atoms with van der Waals surface area (Å²) in [5.74, 6) is -0.230. The van der Waals surface area contributed by atoms with E-state index in [1.165, 1.54) is 4.90 Å². The summed E-state index contributed by atoms with van der Waals surface area (Å²) in [7, 11) is 0. The van der Waals surface area contributed by atoms with Crippen LogP contribution in [0.5, 0.6) is 5.75 Å². The molecule has 4 amide bonds. The molecule has 0 spiro atoms. The van der Waals surface area contributed by atoms with Crippen LogP contribution in [0.15, 0.2) is 42.5 Å². The number of carbonyl (C=O) groups is 4. The molecule has 5 rings (SSSR count). The molecule has 0 aliphatic carbocycles. The zero-order chi connectivity index (χ0) is 25.8. The number of imide groups is 1. The van der Waals surface area contributed by atoms with E-state index in [9.17, 15) is 19.2 Å². The third kappa shape index (κ3) is 5.91. The van der Waals surface area contributed by atoms with Gasteiger partial charge < -0.3 is 24.4 Å². The van der Waals surface area contributed by atoms with E-state index in [1.807, 2.05) is 36.4 Å². The molecule has 10 heteroatoms. The van der Waals surface area contributed by atoms with Gasteiger partial charge in [0.2, 0.25) is 11.8 Å². The minimum Gasteiger partial charge on any atom is -0.490 e. The SMILES string of the molecule is O=C1CCC(N2Cc3ccc(CNC(=O)OCc4ccc(OC5CCOCC5)cc4)cc3C2=O)C(=O)N1. The Balaban J connectivity index is 1.09. The lowest BCUT2D eigenvalue weighted by Crippen LogP contribution is -2.52. The molecule has 2 saturated heterocycles. The molecular formula is C27H29N3O7. The van der Waals surface area contributed by atoms with Crippen LogP contribution in [-0.4, -0.2) is 54.1 Å². The second-order valence-electron chi connectivity index (χ2n) is 9.39. The zero-order valence-electron chi connectivity index (χ0n) is 20.4. The van der Waals surface area contributed by atoms with Crippen molar-refractivity contribution in [2.45, 2.75) is 57.5 Å². The van der Waals surface area contributed by atoms with Gasteiger partial charge in [0.25, 0.3) is 5.91 Å². The Morgan fingerprint density at radius 2 is 1.78 bits per heavy atom. The summed E-state index contributed by atoms with van der Waals surface area (Å²) in [5.41, 5.74) is 2.89. The number of rotatable bonds is 7. The molecule has 3 heterocycles. The Hall–Kier alpha value is -3.92. The van der Waals surface area contributed by atoms with Gasteiger partial charge >= 0.3 is 6.09 Å². The zero-order valence-corrected chi connectivity index (χ0v) is 20.4. The lowest BCUT2D eigenvalue weighted by molar-refractivity contribution is -0.136. The fourth-order valence-corrected chi connectivity index (χ4v) is 4.74. The Labute approximate surface area is 214 Å². The maximum atomic E-state index is 12.9. The van der Waals surface area contributed by atoms with Crippen molar-refractivity contribution in [3.05, 3.63) is 64.7 Å². The van der Waals surface area contributed by atoms with Crippen LogP contribution >= 0.6 is 0 Å². The number of benzene rings is 2. The predicted octanol–water partition coefficient (Wildman–Crippen LogP) is 2.43. The van der Waals surface area contributed by atoms with Gasteiger partial charge in [-0.15, -0.1) is 0 Å². The van der Waals surface area contributed by atoms with Gasteiger partial charge in [-0.3, -0.25) is 19.7 Å². The number of hydrogen-bond acceptors (Lipinski definition) is 7. The summed E-state index contributed by atoms with van der Waals surface area (Å²) in [5, 5.41) is 5.00. The van der Waals surface area contributed by atoms with Crippen molar-refractivity contribution >= 4 is 23.8 Å². The van der Waals surface area contributed by atoms with E-state index in [0.29, 0.717) is 31.7 Å². The molecule has 1 unspecified atom stereocenters. The Morgan fingerprint density at radius 1 is 1.03 bits per heavy atom. The quantitative estimate of drug-likeness (QED) is 0.552.